The number of likely N-dealkylation sites (N-methyl/N-ethyl adjacent to an activating group) is 7. The topological polar surface area (TPSA) is 293 Å². The van der Waals surface area contributed by atoms with E-state index in [1.807, 2.05) is 47.6 Å². The van der Waals surface area contributed by atoms with Gasteiger partial charge in [-0.3, -0.25) is 52.7 Å². The van der Waals surface area contributed by atoms with Crippen LogP contribution in [0, 0.1) is 35.5 Å². The molecule has 0 spiro atoms. The van der Waals surface area contributed by atoms with Gasteiger partial charge in [0.2, 0.25) is 65.0 Å². The lowest BCUT2D eigenvalue weighted by Crippen LogP contribution is -2.63. The number of carbonyl (C=O) groups is 11. The third-order valence-corrected chi connectivity index (χ3v) is 15.8. The van der Waals surface area contributed by atoms with Crippen molar-refractivity contribution in [3.63, 3.8) is 0 Å². The van der Waals surface area contributed by atoms with Gasteiger partial charge in [0.05, 0.1) is 19.2 Å². The van der Waals surface area contributed by atoms with Crippen LogP contribution in [0.4, 0.5) is 0 Å². The second-order valence-corrected chi connectivity index (χ2v) is 24.5. The zero-order valence-electron chi connectivity index (χ0n) is 54.8. The Morgan fingerprint density at radius 3 is 1.51 bits per heavy atom. The fraction of sp³-hybridized carbons (Fsp3) is 0.694. The van der Waals surface area contributed by atoms with Gasteiger partial charge in [-0.1, -0.05) is 119 Å². The Morgan fingerprint density at radius 1 is 0.541 bits per heavy atom. The van der Waals surface area contributed by atoms with Gasteiger partial charge in [-0.2, -0.15) is 0 Å². The first-order chi connectivity index (χ1) is 39.4. The van der Waals surface area contributed by atoms with Crippen LogP contribution in [-0.4, -0.2) is 221 Å². The first kappa shape index (κ1) is 76.1. The average molecular weight is 1200 g/mol. The molecule has 0 aromatic heterocycles. The molecule has 23 heteroatoms. The molecule has 480 valence electrons. The third-order valence-electron chi connectivity index (χ3n) is 15.8. The van der Waals surface area contributed by atoms with E-state index in [-0.39, 0.29) is 61.8 Å². The van der Waals surface area contributed by atoms with Crippen LogP contribution in [0.25, 0.3) is 0 Å². The molecule has 85 heavy (non-hydrogen) atoms. The molecule has 1 unspecified atom stereocenters. The number of allylic oxidation sites excluding steroid dienone is 2. The number of benzene rings is 1. The fourth-order valence-electron chi connectivity index (χ4n) is 9.94. The third kappa shape index (κ3) is 22.5. The van der Waals surface area contributed by atoms with Gasteiger partial charge < -0.3 is 61.1 Å². The number of hydrogen-bond donors (Lipinski definition) is 5. The molecular formula is C62H105N11O12. The van der Waals surface area contributed by atoms with Crippen LogP contribution in [0.5, 0.6) is 0 Å². The van der Waals surface area contributed by atoms with E-state index >= 15 is 9.59 Å². The highest BCUT2D eigenvalue weighted by molar-refractivity contribution is 5.98. The van der Waals surface area contributed by atoms with Crippen molar-refractivity contribution in [1.29, 1.82) is 0 Å². The van der Waals surface area contributed by atoms with Crippen molar-refractivity contribution in [3.8, 4) is 0 Å². The van der Waals surface area contributed by atoms with Crippen LogP contribution in [0.2, 0.25) is 0 Å². The largest absolute Gasteiger partial charge is 0.390 e. The van der Waals surface area contributed by atoms with Crippen LogP contribution in [0.3, 0.4) is 0 Å². The van der Waals surface area contributed by atoms with E-state index in [1.54, 1.807) is 78.0 Å². The zero-order chi connectivity index (χ0) is 65.7. The number of primary amides is 1. The minimum absolute atomic E-state index is 0.0425. The van der Waals surface area contributed by atoms with Gasteiger partial charge >= 0.3 is 0 Å². The summed E-state index contributed by atoms with van der Waals surface area (Å²) in [5.41, 5.74) is 6.49. The zero-order valence-corrected chi connectivity index (χ0v) is 54.8. The van der Waals surface area contributed by atoms with Crippen molar-refractivity contribution < 1.29 is 57.8 Å². The summed E-state index contributed by atoms with van der Waals surface area (Å²) in [4.78, 5) is 161. The van der Waals surface area contributed by atoms with Crippen LogP contribution in [-0.2, 0) is 59.2 Å². The molecule has 0 aliphatic heterocycles. The lowest BCUT2D eigenvalue weighted by Gasteiger charge is -2.41. The van der Waals surface area contributed by atoms with Crippen molar-refractivity contribution in [2.75, 3.05) is 62.4 Å². The second-order valence-electron chi connectivity index (χ2n) is 24.5. The molecule has 1 aromatic carbocycles. The van der Waals surface area contributed by atoms with Gasteiger partial charge in [0.1, 0.15) is 48.3 Å². The smallest absolute Gasteiger partial charge is 0.246 e. The predicted octanol–water partition coefficient (Wildman–Crippen LogP) is 2.67. The maximum Gasteiger partial charge on any atom is 0.246 e. The molecule has 0 radical (unpaired) electrons. The van der Waals surface area contributed by atoms with E-state index in [0.717, 1.165) is 15.4 Å². The Morgan fingerprint density at radius 2 is 1.04 bits per heavy atom. The minimum atomic E-state index is -1.61. The van der Waals surface area contributed by atoms with Crippen LogP contribution < -0.4 is 21.7 Å². The summed E-state index contributed by atoms with van der Waals surface area (Å²) in [6, 6.07) is -0.686. The fourth-order valence-corrected chi connectivity index (χ4v) is 9.94. The highest BCUT2D eigenvalue weighted by Gasteiger charge is 2.45. The molecule has 0 saturated heterocycles. The Kier molecular flexibility index (Phi) is 31.8. The minimum Gasteiger partial charge on any atom is -0.390 e. The van der Waals surface area contributed by atoms with Crippen LogP contribution in [0.15, 0.2) is 42.5 Å². The highest BCUT2D eigenvalue weighted by Crippen LogP contribution is 2.25. The van der Waals surface area contributed by atoms with Crippen LogP contribution in [0.1, 0.15) is 128 Å². The first-order valence-corrected chi connectivity index (χ1v) is 29.7. The molecule has 1 rings (SSSR count). The summed E-state index contributed by atoms with van der Waals surface area (Å²) < 4.78 is 0. The lowest BCUT2D eigenvalue weighted by atomic mass is 9.91. The molecule has 0 aliphatic rings. The van der Waals surface area contributed by atoms with E-state index in [4.69, 9.17) is 5.73 Å². The Bertz CT molecular complexity index is 2450. The van der Waals surface area contributed by atoms with Crippen LogP contribution >= 0.6 is 0 Å². The molecule has 1 aromatic rings. The molecule has 6 N–H and O–H groups in total. The summed E-state index contributed by atoms with van der Waals surface area (Å²) in [6.45, 7) is 23.7. The van der Waals surface area contributed by atoms with Gasteiger partial charge in [0.25, 0.3) is 0 Å². The van der Waals surface area contributed by atoms with Crippen molar-refractivity contribution in [2.45, 2.75) is 183 Å². The van der Waals surface area contributed by atoms with Gasteiger partial charge in [-0.15, -0.1) is 0 Å². The summed E-state index contributed by atoms with van der Waals surface area (Å²) in [5.74, 6) is -8.67. The molecule has 11 atom stereocenters. The number of hydrogen-bond acceptors (Lipinski definition) is 12. The van der Waals surface area contributed by atoms with E-state index in [2.05, 4.69) is 16.0 Å². The van der Waals surface area contributed by atoms with E-state index in [9.17, 15) is 48.3 Å². The lowest BCUT2D eigenvalue weighted by molar-refractivity contribution is -0.157. The number of nitrogens with one attached hydrogen (secondary N) is 3. The van der Waals surface area contributed by atoms with Crippen molar-refractivity contribution in [2.24, 2.45) is 41.2 Å². The van der Waals surface area contributed by atoms with Gasteiger partial charge in [0.15, 0.2) is 0 Å². The monoisotopic (exact) mass is 1200 g/mol. The SMILES string of the molecule is C/C=C/C[C@@H](C)[C@H](O)C(C(=O)N[C@@H](CC)C(=O)N(C)CC(=O)N(C)[C@@H](Cc1ccccc1)C(N)=O)N(C)C(=O)[C@@H](C(C)C)N(C)C(=O)[C@@H](CC(C)C)N(C)C(=O)[C@H](CC(C)C)N(C)C(=O)[C@H](C)NC(=O)[C@@H](C)NC(=O)CN(C)C(=O)[C@@H](C)C(C)C. The highest BCUT2D eigenvalue weighted by atomic mass is 16.3. The first-order valence-electron chi connectivity index (χ1n) is 29.7. The standard InChI is InChI=1S/C62H105N11O12/c1-22-24-28-40(11)53(76)52(56(79)66-45(23-2)59(82)68(16)35-50(75)69(17)46(54(63)77)33-44-29-26-25-27-30-44)73(21)62(85)51(39(9)10)72(20)61(84)48(32-37(5)6)71(19)60(83)47(31-36(3)4)70(18)58(81)43(14)65-55(78)42(13)64-49(74)34-67(15)57(80)41(12)38(7)8/h22,24-27,29-30,36-43,45-48,51-53,76H,23,28,31-35H2,1-21H3,(H2,63,77)(H,64,74)(H,65,78)(H,66,79)/b24-22+/t40-,41+,42-,43+,45+,46+,47+,48-,51-,52?,53+/m1/s1. The van der Waals surface area contributed by atoms with Crippen molar-refractivity contribution >= 4 is 65.0 Å². The molecule has 11 amide bonds. The van der Waals surface area contributed by atoms with Crippen molar-refractivity contribution in [1.82, 2.24) is 50.2 Å². The molecule has 23 nitrogen and oxygen atoms in total. The van der Waals surface area contributed by atoms with Gasteiger partial charge in [0, 0.05) is 61.7 Å². The van der Waals surface area contributed by atoms with Gasteiger partial charge in [-0.05, 0) is 81.6 Å². The quantitative estimate of drug-likeness (QED) is 0.0623. The Hall–Kier alpha value is -6.91. The van der Waals surface area contributed by atoms with E-state index in [0.29, 0.717) is 6.42 Å². The molecule has 0 bridgehead atoms. The second kappa shape index (κ2) is 35.5. The average Bonchev–Trinajstić information content (AvgIpc) is 3.25. The van der Waals surface area contributed by atoms with Crippen molar-refractivity contribution in [3.05, 3.63) is 48.0 Å². The summed E-state index contributed by atoms with van der Waals surface area (Å²) in [6.07, 6.45) is 2.87. The maximum absolute atomic E-state index is 15.1. The number of amides is 11. The number of nitrogens with two attached hydrogens (primary N) is 1. The van der Waals surface area contributed by atoms with Gasteiger partial charge in [-0.25, -0.2) is 0 Å². The Balaban J connectivity index is 3.57. The molecule has 0 fully saturated rings. The Labute approximate surface area is 506 Å². The number of aliphatic hydroxyl groups is 1. The molecule has 0 aliphatic carbocycles. The normalized spacial score (nSPS) is 15.5. The summed E-state index contributed by atoms with van der Waals surface area (Å²) in [7, 11) is 9.95. The number of nitrogens with zero attached hydrogens (tertiary/aromatic N) is 7. The maximum atomic E-state index is 15.1. The number of carbonyl (C=O) groups excluding carboxylic acids is 11. The van der Waals surface area contributed by atoms with E-state index in [1.165, 1.54) is 87.7 Å². The summed E-state index contributed by atoms with van der Waals surface area (Å²) >= 11 is 0. The van der Waals surface area contributed by atoms with E-state index < -0.39 is 132 Å². The molecular weight excluding hydrogens is 1090 g/mol. The summed E-state index contributed by atoms with van der Waals surface area (Å²) in [5, 5.41) is 19.9. The molecule has 0 saturated carbocycles. The molecule has 0 heterocycles. The number of aliphatic hydroxyl groups excluding tert-OH is 1. The predicted molar refractivity (Wildman–Crippen MR) is 327 cm³/mol. The number of rotatable bonds is 34.